The normalized spacial score (nSPS) is 17.1. The molecule has 0 spiro atoms. The minimum absolute atomic E-state index is 0.444. The SMILES string of the molecule is c1ccc(CN2CCC(n3ncc4cncnc43)CC2)cc1. The van der Waals surface area contributed by atoms with E-state index in [4.69, 9.17) is 0 Å². The van der Waals surface area contributed by atoms with Crippen LogP contribution in [0.3, 0.4) is 0 Å². The number of hydrogen-bond acceptors (Lipinski definition) is 4. The summed E-state index contributed by atoms with van der Waals surface area (Å²) in [5, 5.41) is 5.55. The molecule has 3 heterocycles. The predicted molar refractivity (Wildman–Crippen MR) is 85.3 cm³/mol. The second-order valence-corrected chi connectivity index (χ2v) is 5.88. The van der Waals surface area contributed by atoms with Gasteiger partial charge in [-0.25, -0.2) is 14.6 Å². The maximum absolute atomic E-state index is 4.52. The number of fused-ring (bicyclic) bond motifs is 1. The van der Waals surface area contributed by atoms with Gasteiger partial charge in [0.2, 0.25) is 0 Å². The first kappa shape index (κ1) is 13.4. The number of rotatable bonds is 3. The highest BCUT2D eigenvalue weighted by molar-refractivity contribution is 5.72. The van der Waals surface area contributed by atoms with Crippen LogP contribution in [0.15, 0.2) is 49.1 Å². The van der Waals surface area contributed by atoms with Gasteiger partial charge in [0.25, 0.3) is 0 Å². The van der Waals surface area contributed by atoms with E-state index >= 15 is 0 Å². The van der Waals surface area contributed by atoms with Gasteiger partial charge in [-0.1, -0.05) is 30.3 Å². The monoisotopic (exact) mass is 293 g/mol. The van der Waals surface area contributed by atoms with E-state index in [-0.39, 0.29) is 0 Å². The molecular formula is C17H19N5. The zero-order valence-corrected chi connectivity index (χ0v) is 12.5. The summed E-state index contributed by atoms with van der Waals surface area (Å²) < 4.78 is 2.08. The van der Waals surface area contributed by atoms with E-state index in [1.807, 2.05) is 12.4 Å². The molecule has 1 aromatic carbocycles. The minimum atomic E-state index is 0.444. The lowest BCUT2D eigenvalue weighted by atomic mass is 10.0. The molecule has 4 rings (SSSR count). The molecule has 0 N–H and O–H groups in total. The van der Waals surface area contributed by atoms with E-state index in [0.29, 0.717) is 6.04 Å². The topological polar surface area (TPSA) is 46.8 Å². The molecule has 0 unspecified atom stereocenters. The highest BCUT2D eigenvalue weighted by Crippen LogP contribution is 2.25. The molecule has 1 saturated heterocycles. The van der Waals surface area contributed by atoms with Crippen LogP contribution in [0, 0.1) is 0 Å². The number of piperidine rings is 1. The lowest BCUT2D eigenvalue weighted by Gasteiger charge is -2.32. The van der Waals surface area contributed by atoms with Gasteiger partial charge < -0.3 is 0 Å². The molecule has 5 nitrogen and oxygen atoms in total. The van der Waals surface area contributed by atoms with Crippen molar-refractivity contribution in [3.8, 4) is 0 Å². The molecule has 1 fully saturated rings. The van der Waals surface area contributed by atoms with Gasteiger partial charge >= 0.3 is 0 Å². The lowest BCUT2D eigenvalue weighted by molar-refractivity contribution is 0.175. The van der Waals surface area contributed by atoms with Crippen LogP contribution in [0.2, 0.25) is 0 Å². The smallest absolute Gasteiger partial charge is 0.161 e. The van der Waals surface area contributed by atoms with Crippen LogP contribution in [0.5, 0.6) is 0 Å². The van der Waals surface area contributed by atoms with Gasteiger partial charge in [-0.05, 0) is 18.4 Å². The fraction of sp³-hybridized carbons (Fsp3) is 0.353. The predicted octanol–water partition coefficient (Wildman–Crippen LogP) is 2.66. The third-order valence-corrected chi connectivity index (χ3v) is 4.41. The van der Waals surface area contributed by atoms with Crippen LogP contribution in [-0.4, -0.2) is 37.7 Å². The largest absolute Gasteiger partial charge is 0.299 e. The van der Waals surface area contributed by atoms with Crippen LogP contribution in [0.1, 0.15) is 24.4 Å². The highest BCUT2D eigenvalue weighted by atomic mass is 15.3. The number of hydrogen-bond donors (Lipinski definition) is 0. The first-order valence-corrected chi connectivity index (χ1v) is 7.79. The Hall–Kier alpha value is -2.27. The third kappa shape index (κ3) is 2.60. The molecule has 0 amide bonds. The fourth-order valence-corrected chi connectivity index (χ4v) is 3.23. The summed E-state index contributed by atoms with van der Waals surface area (Å²) in [7, 11) is 0. The Labute approximate surface area is 129 Å². The van der Waals surface area contributed by atoms with Crippen molar-refractivity contribution in [1.29, 1.82) is 0 Å². The van der Waals surface area contributed by atoms with Crippen molar-refractivity contribution >= 4 is 11.0 Å². The summed E-state index contributed by atoms with van der Waals surface area (Å²) >= 11 is 0. The van der Waals surface area contributed by atoms with Gasteiger partial charge in [-0.15, -0.1) is 0 Å². The molecule has 22 heavy (non-hydrogen) atoms. The van der Waals surface area contributed by atoms with Gasteiger partial charge in [0, 0.05) is 25.8 Å². The van der Waals surface area contributed by atoms with Crippen molar-refractivity contribution in [3.63, 3.8) is 0 Å². The first-order chi connectivity index (χ1) is 10.9. The molecule has 0 atom stereocenters. The highest BCUT2D eigenvalue weighted by Gasteiger charge is 2.22. The lowest BCUT2D eigenvalue weighted by Crippen LogP contribution is -2.34. The number of likely N-dealkylation sites (tertiary alicyclic amines) is 1. The molecule has 2 aromatic heterocycles. The van der Waals surface area contributed by atoms with Gasteiger partial charge in [0.05, 0.1) is 17.6 Å². The van der Waals surface area contributed by atoms with Gasteiger partial charge in [0.1, 0.15) is 6.33 Å². The molecular weight excluding hydrogens is 274 g/mol. The zero-order chi connectivity index (χ0) is 14.8. The quantitative estimate of drug-likeness (QED) is 0.745. The Bertz CT molecular complexity index is 744. The maximum Gasteiger partial charge on any atom is 0.161 e. The average molecular weight is 293 g/mol. The van der Waals surface area contributed by atoms with Crippen molar-refractivity contribution < 1.29 is 0 Å². The minimum Gasteiger partial charge on any atom is -0.299 e. The summed E-state index contributed by atoms with van der Waals surface area (Å²) in [4.78, 5) is 11.0. The van der Waals surface area contributed by atoms with E-state index in [2.05, 4.69) is 55.0 Å². The first-order valence-electron chi connectivity index (χ1n) is 7.79. The van der Waals surface area contributed by atoms with Gasteiger partial charge in [-0.2, -0.15) is 5.10 Å². The van der Waals surface area contributed by atoms with Crippen LogP contribution >= 0.6 is 0 Å². The van der Waals surface area contributed by atoms with Gasteiger partial charge in [-0.3, -0.25) is 4.90 Å². The van der Waals surface area contributed by atoms with E-state index in [9.17, 15) is 0 Å². The molecule has 0 bridgehead atoms. The molecule has 1 aliphatic heterocycles. The summed E-state index contributed by atoms with van der Waals surface area (Å²) in [6, 6.07) is 11.1. The van der Waals surface area contributed by atoms with Crippen LogP contribution in [0.25, 0.3) is 11.0 Å². The van der Waals surface area contributed by atoms with Crippen LogP contribution in [-0.2, 0) is 6.54 Å². The van der Waals surface area contributed by atoms with Crippen molar-refractivity contribution in [3.05, 3.63) is 54.6 Å². The number of aromatic nitrogens is 4. The van der Waals surface area contributed by atoms with Crippen LogP contribution < -0.4 is 0 Å². The van der Waals surface area contributed by atoms with Crippen molar-refractivity contribution in [1.82, 2.24) is 24.6 Å². The fourth-order valence-electron chi connectivity index (χ4n) is 3.23. The van der Waals surface area contributed by atoms with Gasteiger partial charge in [0.15, 0.2) is 5.65 Å². The molecule has 5 heteroatoms. The molecule has 0 radical (unpaired) electrons. The molecule has 0 aliphatic carbocycles. The van der Waals surface area contributed by atoms with Crippen molar-refractivity contribution in [2.75, 3.05) is 13.1 Å². The van der Waals surface area contributed by atoms with Crippen LogP contribution in [0.4, 0.5) is 0 Å². The third-order valence-electron chi connectivity index (χ3n) is 4.41. The maximum atomic E-state index is 4.52. The van der Waals surface area contributed by atoms with E-state index < -0.39 is 0 Å². The summed E-state index contributed by atoms with van der Waals surface area (Å²) in [6.07, 6.45) is 7.54. The Morgan fingerprint density at radius 2 is 1.86 bits per heavy atom. The molecule has 0 saturated carbocycles. The summed E-state index contributed by atoms with van der Waals surface area (Å²) in [6.45, 7) is 3.24. The molecule has 3 aromatic rings. The molecule has 1 aliphatic rings. The number of benzene rings is 1. The second kappa shape index (κ2) is 5.85. The standard InChI is InChI=1S/C17H19N5/c1-2-4-14(5-3-1)12-21-8-6-16(7-9-21)22-17-15(11-20-22)10-18-13-19-17/h1-5,10-11,13,16H,6-9,12H2. The Morgan fingerprint density at radius 1 is 1.05 bits per heavy atom. The van der Waals surface area contributed by atoms with E-state index in [1.165, 1.54) is 5.56 Å². The van der Waals surface area contributed by atoms with Crippen molar-refractivity contribution in [2.45, 2.75) is 25.4 Å². The second-order valence-electron chi connectivity index (χ2n) is 5.88. The van der Waals surface area contributed by atoms with Crippen molar-refractivity contribution in [2.24, 2.45) is 0 Å². The van der Waals surface area contributed by atoms with E-state index in [0.717, 1.165) is 43.5 Å². The summed E-state index contributed by atoms with van der Waals surface area (Å²) in [5.74, 6) is 0. The Kier molecular flexibility index (Phi) is 3.56. The zero-order valence-electron chi connectivity index (χ0n) is 12.5. The Balaban J connectivity index is 1.43. The average Bonchev–Trinajstić information content (AvgIpc) is 3.01. The van der Waals surface area contributed by atoms with E-state index in [1.54, 1.807) is 6.33 Å². The molecule has 112 valence electrons. The number of nitrogens with zero attached hydrogens (tertiary/aromatic N) is 5. The Morgan fingerprint density at radius 3 is 2.68 bits per heavy atom. The summed E-state index contributed by atoms with van der Waals surface area (Å²) in [5.41, 5.74) is 2.34.